The molecule has 0 aliphatic rings. The van der Waals surface area contributed by atoms with Gasteiger partial charge in [-0.2, -0.15) is 5.10 Å². The lowest BCUT2D eigenvalue weighted by atomic mass is 10.4. The Balaban J connectivity index is 2.99. The summed E-state index contributed by atoms with van der Waals surface area (Å²) < 4.78 is 2.75. The average Bonchev–Trinajstić information content (AvgIpc) is 2.29. The van der Waals surface area contributed by atoms with Gasteiger partial charge in [0.15, 0.2) is 0 Å². The van der Waals surface area contributed by atoms with Gasteiger partial charge in [0.25, 0.3) is 0 Å². The third-order valence-electron chi connectivity index (χ3n) is 1.72. The van der Waals surface area contributed by atoms with E-state index in [-0.39, 0.29) is 0 Å². The highest BCUT2D eigenvalue weighted by atomic mass is 127. The van der Waals surface area contributed by atoms with Gasteiger partial charge in [-0.15, -0.1) is 0 Å². The first kappa shape index (κ1) is 7.90. The molecule has 62 valence electrons. The number of halogens is 1. The van der Waals surface area contributed by atoms with E-state index in [0.29, 0.717) is 0 Å². The summed E-state index contributed by atoms with van der Waals surface area (Å²) in [7, 11) is 0. The fraction of sp³-hybridized carbons (Fsp3) is 0.286. The van der Waals surface area contributed by atoms with Crippen LogP contribution in [0.1, 0.15) is 11.5 Å². The maximum absolute atomic E-state index is 4.31. The van der Waals surface area contributed by atoms with Crippen molar-refractivity contribution in [1.29, 1.82) is 0 Å². The van der Waals surface area contributed by atoms with Crippen molar-refractivity contribution in [2.24, 2.45) is 0 Å². The minimum Gasteiger partial charge on any atom is -0.236 e. The summed E-state index contributed by atoms with van der Waals surface area (Å²) in [6.07, 6.45) is 1.54. The maximum Gasteiger partial charge on any atom is 0.137 e. The number of fused-ring (bicyclic) bond motifs is 1. The Bertz CT molecular complexity index is 434. The molecule has 0 saturated heterocycles. The van der Waals surface area contributed by atoms with E-state index in [0.717, 1.165) is 20.7 Å². The van der Waals surface area contributed by atoms with E-state index in [2.05, 4.69) is 37.7 Å². The Morgan fingerprint density at radius 3 is 2.83 bits per heavy atom. The van der Waals surface area contributed by atoms with Crippen LogP contribution in [0.5, 0.6) is 0 Å². The zero-order chi connectivity index (χ0) is 8.72. The first-order valence-corrected chi connectivity index (χ1v) is 4.60. The first-order chi connectivity index (χ1) is 5.70. The minimum atomic E-state index is 0.905. The lowest BCUT2D eigenvalue weighted by Crippen LogP contribution is -1.97. The molecule has 4 nitrogen and oxygen atoms in total. The van der Waals surface area contributed by atoms with Gasteiger partial charge in [0.1, 0.15) is 21.4 Å². The van der Waals surface area contributed by atoms with E-state index in [4.69, 9.17) is 0 Å². The van der Waals surface area contributed by atoms with Crippen LogP contribution in [-0.2, 0) is 0 Å². The molecule has 5 heteroatoms. The number of hydrogen-bond acceptors (Lipinski definition) is 3. The van der Waals surface area contributed by atoms with Crippen molar-refractivity contribution < 1.29 is 0 Å². The third kappa shape index (κ3) is 0.996. The number of hydrogen-bond donors (Lipinski definition) is 0. The Morgan fingerprint density at radius 1 is 1.42 bits per heavy atom. The van der Waals surface area contributed by atoms with Crippen molar-refractivity contribution in [1.82, 2.24) is 19.6 Å². The van der Waals surface area contributed by atoms with Crippen LogP contribution >= 0.6 is 22.6 Å². The molecule has 0 saturated carbocycles. The lowest BCUT2D eigenvalue weighted by molar-refractivity contribution is 0.845. The quantitative estimate of drug-likeness (QED) is 0.681. The van der Waals surface area contributed by atoms with Gasteiger partial charge < -0.3 is 0 Å². The molecule has 2 aromatic rings. The molecule has 2 rings (SSSR count). The number of aromatic nitrogens is 4. The van der Waals surface area contributed by atoms with Gasteiger partial charge in [0.2, 0.25) is 0 Å². The Morgan fingerprint density at radius 2 is 2.17 bits per heavy atom. The van der Waals surface area contributed by atoms with Gasteiger partial charge in [0.05, 0.1) is 5.69 Å². The molecule has 0 fully saturated rings. The fourth-order valence-corrected chi connectivity index (χ4v) is 1.97. The molecule has 0 amide bonds. The monoisotopic (exact) mass is 274 g/mol. The topological polar surface area (TPSA) is 43.1 Å². The molecule has 0 atom stereocenters. The van der Waals surface area contributed by atoms with Crippen LogP contribution in [0.15, 0.2) is 6.33 Å². The van der Waals surface area contributed by atoms with Gasteiger partial charge in [0, 0.05) is 0 Å². The zero-order valence-electron chi connectivity index (χ0n) is 6.74. The summed E-state index contributed by atoms with van der Waals surface area (Å²) in [5, 5.41) is 4.10. The summed E-state index contributed by atoms with van der Waals surface area (Å²) >= 11 is 2.19. The summed E-state index contributed by atoms with van der Waals surface area (Å²) in [6.45, 7) is 3.90. The van der Waals surface area contributed by atoms with Gasteiger partial charge in [-0.3, -0.25) is 0 Å². The van der Waals surface area contributed by atoms with E-state index >= 15 is 0 Å². The molecular formula is C7H7IN4. The number of aryl methyl sites for hydroxylation is 2. The van der Waals surface area contributed by atoms with Gasteiger partial charge in [-0.25, -0.2) is 14.5 Å². The SMILES string of the molecule is Cc1nc(C)n2ncnc(I)c12. The van der Waals surface area contributed by atoms with E-state index in [1.54, 1.807) is 6.33 Å². The average molecular weight is 274 g/mol. The van der Waals surface area contributed by atoms with Crippen molar-refractivity contribution in [2.75, 3.05) is 0 Å². The largest absolute Gasteiger partial charge is 0.236 e. The van der Waals surface area contributed by atoms with Crippen LogP contribution < -0.4 is 0 Å². The normalized spacial score (nSPS) is 10.9. The van der Waals surface area contributed by atoms with Crippen molar-refractivity contribution in [2.45, 2.75) is 13.8 Å². The molecular weight excluding hydrogens is 267 g/mol. The predicted molar refractivity (Wildman–Crippen MR) is 53.0 cm³/mol. The highest BCUT2D eigenvalue weighted by molar-refractivity contribution is 14.1. The molecule has 12 heavy (non-hydrogen) atoms. The number of imidazole rings is 1. The Hall–Kier alpha value is -0.720. The van der Waals surface area contributed by atoms with Crippen molar-refractivity contribution in [3.05, 3.63) is 21.5 Å². The van der Waals surface area contributed by atoms with Crippen molar-refractivity contribution in [3.8, 4) is 0 Å². The molecule has 2 heterocycles. The molecule has 0 radical (unpaired) electrons. The van der Waals surface area contributed by atoms with Crippen LogP contribution in [0.2, 0.25) is 0 Å². The van der Waals surface area contributed by atoms with Crippen molar-refractivity contribution >= 4 is 28.1 Å². The Labute approximate surface area is 83.2 Å². The van der Waals surface area contributed by atoms with Crippen LogP contribution in [0.25, 0.3) is 5.52 Å². The lowest BCUT2D eigenvalue weighted by Gasteiger charge is -1.95. The van der Waals surface area contributed by atoms with Gasteiger partial charge >= 0.3 is 0 Å². The fourth-order valence-electron chi connectivity index (χ4n) is 1.23. The second kappa shape index (κ2) is 2.65. The minimum absolute atomic E-state index is 0.905. The maximum atomic E-state index is 4.31. The molecule has 0 unspecified atom stereocenters. The highest BCUT2D eigenvalue weighted by Crippen LogP contribution is 2.14. The smallest absolute Gasteiger partial charge is 0.137 e. The van der Waals surface area contributed by atoms with Gasteiger partial charge in [-0.1, -0.05) is 0 Å². The summed E-state index contributed by atoms with van der Waals surface area (Å²) in [5.74, 6) is 0.905. The van der Waals surface area contributed by atoms with E-state index < -0.39 is 0 Å². The van der Waals surface area contributed by atoms with E-state index in [9.17, 15) is 0 Å². The molecule has 0 aliphatic heterocycles. The highest BCUT2D eigenvalue weighted by Gasteiger charge is 2.08. The zero-order valence-corrected chi connectivity index (χ0v) is 8.90. The second-order valence-electron chi connectivity index (χ2n) is 2.56. The summed E-state index contributed by atoms with van der Waals surface area (Å²) in [5.41, 5.74) is 1.99. The molecule has 2 aromatic heterocycles. The molecule has 0 aromatic carbocycles. The van der Waals surface area contributed by atoms with Crippen LogP contribution in [0, 0.1) is 17.5 Å². The van der Waals surface area contributed by atoms with Crippen LogP contribution in [0.3, 0.4) is 0 Å². The predicted octanol–water partition coefficient (Wildman–Crippen LogP) is 1.35. The molecule has 0 aliphatic carbocycles. The third-order valence-corrected chi connectivity index (χ3v) is 2.51. The van der Waals surface area contributed by atoms with Crippen LogP contribution in [-0.4, -0.2) is 19.6 Å². The summed E-state index contributed by atoms with van der Waals surface area (Å²) in [6, 6.07) is 0. The number of rotatable bonds is 0. The van der Waals surface area contributed by atoms with Crippen molar-refractivity contribution in [3.63, 3.8) is 0 Å². The Kier molecular flexibility index (Phi) is 1.75. The standard InChI is InChI=1S/C7H7IN4/c1-4-6-7(8)9-3-10-12(6)5(2)11-4/h3H,1-2H3. The second-order valence-corrected chi connectivity index (χ2v) is 3.58. The first-order valence-electron chi connectivity index (χ1n) is 3.52. The molecule has 0 spiro atoms. The van der Waals surface area contributed by atoms with E-state index in [1.807, 2.05) is 18.4 Å². The van der Waals surface area contributed by atoms with Gasteiger partial charge in [-0.05, 0) is 36.4 Å². The number of nitrogens with zero attached hydrogens (tertiary/aromatic N) is 4. The molecule has 0 bridgehead atoms. The summed E-state index contributed by atoms with van der Waals surface area (Å²) in [4.78, 5) is 8.40. The molecule has 0 N–H and O–H groups in total. The van der Waals surface area contributed by atoms with Crippen LogP contribution in [0.4, 0.5) is 0 Å². The van der Waals surface area contributed by atoms with E-state index in [1.165, 1.54) is 0 Å².